The quantitative estimate of drug-likeness (QED) is 0.772. The molecule has 2 N–H and O–H groups in total. The molecule has 0 heterocycles. The number of benzene rings is 1. The van der Waals surface area contributed by atoms with Gasteiger partial charge in [-0.3, -0.25) is 4.79 Å². The van der Waals surface area contributed by atoms with Crippen molar-refractivity contribution in [3.63, 3.8) is 0 Å². The minimum atomic E-state index is -3.80. The van der Waals surface area contributed by atoms with Crippen molar-refractivity contribution in [2.75, 3.05) is 0 Å². The fraction of sp³-hybridized carbons (Fsp3) is 0.533. The number of hydrogen-bond donors (Lipinski definition) is 2. The summed E-state index contributed by atoms with van der Waals surface area (Å²) in [4.78, 5) is 11.1. The maximum absolute atomic E-state index is 12.2. The number of nitrogens with one attached hydrogen (secondary N) is 1. The van der Waals surface area contributed by atoms with E-state index in [0.29, 0.717) is 12.3 Å². The van der Waals surface area contributed by atoms with Crippen LogP contribution in [0.4, 0.5) is 0 Å². The summed E-state index contributed by atoms with van der Waals surface area (Å²) >= 11 is 0. The van der Waals surface area contributed by atoms with Crippen LogP contribution in [0.1, 0.15) is 39.2 Å². The van der Waals surface area contributed by atoms with Gasteiger partial charge in [0.25, 0.3) is 0 Å². The van der Waals surface area contributed by atoms with Crippen LogP contribution in [0.3, 0.4) is 0 Å². The SMILES string of the molecule is CCC[C@H](NS(=O)(=O)c1ccc(CC(C)C)cc1)C(=O)O. The lowest BCUT2D eigenvalue weighted by molar-refractivity contribution is -0.139. The first-order chi connectivity index (χ1) is 9.76. The molecular weight excluding hydrogens is 290 g/mol. The third kappa shape index (κ3) is 5.47. The molecule has 0 saturated carbocycles. The van der Waals surface area contributed by atoms with Gasteiger partial charge in [0.15, 0.2) is 0 Å². The van der Waals surface area contributed by atoms with Crippen LogP contribution in [0.25, 0.3) is 0 Å². The van der Waals surface area contributed by atoms with Gasteiger partial charge >= 0.3 is 5.97 Å². The Morgan fingerprint density at radius 3 is 2.24 bits per heavy atom. The van der Waals surface area contributed by atoms with E-state index in [1.807, 2.05) is 6.92 Å². The van der Waals surface area contributed by atoms with Gasteiger partial charge in [-0.1, -0.05) is 39.3 Å². The second-order valence-electron chi connectivity index (χ2n) is 5.54. The molecule has 0 saturated heterocycles. The average molecular weight is 313 g/mol. The van der Waals surface area contributed by atoms with Crippen molar-refractivity contribution in [3.05, 3.63) is 29.8 Å². The van der Waals surface area contributed by atoms with Gasteiger partial charge in [-0.05, 0) is 36.5 Å². The van der Waals surface area contributed by atoms with Gasteiger partial charge in [0.2, 0.25) is 10.0 Å². The molecule has 1 rings (SSSR count). The summed E-state index contributed by atoms with van der Waals surface area (Å²) in [6, 6.07) is 5.49. The maximum atomic E-state index is 12.2. The molecule has 0 aliphatic rings. The van der Waals surface area contributed by atoms with Crippen LogP contribution >= 0.6 is 0 Å². The molecule has 5 nitrogen and oxygen atoms in total. The summed E-state index contributed by atoms with van der Waals surface area (Å²) in [5.74, 6) is -0.664. The highest BCUT2D eigenvalue weighted by molar-refractivity contribution is 7.89. The Balaban J connectivity index is 2.89. The lowest BCUT2D eigenvalue weighted by Gasteiger charge is -2.14. The van der Waals surface area contributed by atoms with Crippen molar-refractivity contribution >= 4 is 16.0 Å². The second kappa shape index (κ2) is 7.56. The third-order valence-electron chi connectivity index (χ3n) is 3.05. The Bertz CT molecular complexity index is 564. The van der Waals surface area contributed by atoms with Crippen molar-refractivity contribution < 1.29 is 18.3 Å². The highest BCUT2D eigenvalue weighted by Gasteiger charge is 2.24. The van der Waals surface area contributed by atoms with E-state index in [1.165, 1.54) is 12.1 Å². The Kier molecular flexibility index (Phi) is 6.36. The molecule has 0 amide bonds. The van der Waals surface area contributed by atoms with E-state index in [0.717, 1.165) is 12.0 Å². The summed E-state index contributed by atoms with van der Waals surface area (Å²) < 4.78 is 26.6. The Morgan fingerprint density at radius 2 is 1.81 bits per heavy atom. The fourth-order valence-corrected chi connectivity index (χ4v) is 3.28. The first-order valence-electron chi connectivity index (χ1n) is 7.10. The molecular formula is C15H23NO4S. The summed E-state index contributed by atoms with van der Waals surface area (Å²) in [7, 11) is -3.80. The molecule has 0 aliphatic heterocycles. The molecule has 0 aliphatic carbocycles. The molecule has 1 aromatic carbocycles. The van der Waals surface area contributed by atoms with E-state index in [4.69, 9.17) is 5.11 Å². The van der Waals surface area contributed by atoms with Crippen molar-refractivity contribution in [3.8, 4) is 0 Å². The predicted molar refractivity (Wildman–Crippen MR) is 81.6 cm³/mol. The smallest absolute Gasteiger partial charge is 0.321 e. The van der Waals surface area contributed by atoms with Crippen LogP contribution in [0.2, 0.25) is 0 Å². The van der Waals surface area contributed by atoms with Crippen molar-refractivity contribution in [1.29, 1.82) is 0 Å². The highest BCUT2D eigenvalue weighted by Crippen LogP contribution is 2.14. The standard InChI is InChI=1S/C15H23NO4S/c1-4-5-14(15(17)18)16-21(19,20)13-8-6-12(7-9-13)10-11(2)3/h6-9,11,14,16H,4-5,10H2,1-3H3,(H,17,18)/t14-/m0/s1. The normalized spacial score (nSPS) is 13.3. The zero-order valence-corrected chi connectivity index (χ0v) is 13.5. The highest BCUT2D eigenvalue weighted by atomic mass is 32.2. The number of aliphatic carboxylic acids is 1. The van der Waals surface area contributed by atoms with E-state index in [1.54, 1.807) is 12.1 Å². The van der Waals surface area contributed by atoms with E-state index in [2.05, 4.69) is 18.6 Å². The van der Waals surface area contributed by atoms with E-state index in [-0.39, 0.29) is 11.3 Å². The van der Waals surface area contributed by atoms with Gasteiger partial charge in [0.05, 0.1) is 4.90 Å². The van der Waals surface area contributed by atoms with Crippen LogP contribution in [0, 0.1) is 5.92 Å². The minimum Gasteiger partial charge on any atom is -0.480 e. The molecule has 0 unspecified atom stereocenters. The second-order valence-corrected chi connectivity index (χ2v) is 7.26. The van der Waals surface area contributed by atoms with Crippen LogP contribution in [0.15, 0.2) is 29.2 Å². The lowest BCUT2D eigenvalue weighted by Crippen LogP contribution is -2.40. The summed E-state index contributed by atoms with van der Waals surface area (Å²) in [6.07, 6.45) is 1.73. The maximum Gasteiger partial charge on any atom is 0.321 e. The molecule has 6 heteroatoms. The summed E-state index contributed by atoms with van der Waals surface area (Å²) in [5.41, 5.74) is 1.06. The van der Waals surface area contributed by atoms with Gasteiger partial charge in [0.1, 0.15) is 6.04 Å². The molecule has 21 heavy (non-hydrogen) atoms. The first-order valence-corrected chi connectivity index (χ1v) is 8.58. The lowest BCUT2D eigenvalue weighted by atomic mass is 10.0. The molecule has 0 radical (unpaired) electrons. The average Bonchev–Trinajstić information content (AvgIpc) is 2.37. The Hall–Kier alpha value is -1.40. The molecule has 0 bridgehead atoms. The molecule has 0 spiro atoms. The Labute approximate surface area is 126 Å². The van der Waals surface area contributed by atoms with Crippen LogP contribution < -0.4 is 4.72 Å². The molecule has 0 aromatic heterocycles. The van der Waals surface area contributed by atoms with Gasteiger partial charge < -0.3 is 5.11 Å². The monoisotopic (exact) mass is 313 g/mol. The summed E-state index contributed by atoms with van der Waals surface area (Å²) in [5, 5.41) is 9.03. The number of hydrogen-bond acceptors (Lipinski definition) is 3. The van der Waals surface area contributed by atoms with Gasteiger partial charge in [-0.2, -0.15) is 4.72 Å². The fourth-order valence-electron chi connectivity index (χ4n) is 2.05. The number of carbonyl (C=O) groups is 1. The minimum absolute atomic E-state index is 0.0948. The molecule has 0 fully saturated rings. The van der Waals surface area contributed by atoms with E-state index in [9.17, 15) is 13.2 Å². The van der Waals surface area contributed by atoms with Gasteiger partial charge in [0, 0.05) is 0 Å². The zero-order chi connectivity index (χ0) is 16.0. The van der Waals surface area contributed by atoms with Crippen LogP contribution in [0.5, 0.6) is 0 Å². The van der Waals surface area contributed by atoms with E-state index >= 15 is 0 Å². The number of carboxylic acids is 1. The first kappa shape index (κ1) is 17.7. The van der Waals surface area contributed by atoms with Crippen LogP contribution in [-0.2, 0) is 21.2 Å². The van der Waals surface area contributed by atoms with Crippen molar-refractivity contribution in [2.24, 2.45) is 5.92 Å². The van der Waals surface area contributed by atoms with Crippen LogP contribution in [-0.4, -0.2) is 25.5 Å². The molecule has 1 aromatic rings. The van der Waals surface area contributed by atoms with Crippen molar-refractivity contribution in [1.82, 2.24) is 4.72 Å². The number of rotatable bonds is 8. The van der Waals surface area contributed by atoms with Gasteiger partial charge in [-0.25, -0.2) is 8.42 Å². The topological polar surface area (TPSA) is 83.5 Å². The third-order valence-corrected chi connectivity index (χ3v) is 4.54. The van der Waals surface area contributed by atoms with Gasteiger partial charge in [-0.15, -0.1) is 0 Å². The largest absolute Gasteiger partial charge is 0.480 e. The zero-order valence-electron chi connectivity index (χ0n) is 12.7. The molecule has 1 atom stereocenters. The Morgan fingerprint density at radius 1 is 1.24 bits per heavy atom. The predicted octanol–water partition coefficient (Wildman–Crippen LogP) is 2.42. The van der Waals surface area contributed by atoms with Crippen molar-refractivity contribution in [2.45, 2.75) is 51.0 Å². The number of sulfonamides is 1. The molecule has 118 valence electrons. The van der Waals surface area contributed by atoms with E-state index < -0.39 is 22.0 Å². The summed E-state index contributed by atoms with van der Waals surface area (Å²) in [6.45, 7) is 5.99. The number of carboxylic acid groups (broad SMARTS) is 1.